The van der Waals surface area contributed by atoms with Crippen LogP contribution in [0.2, 0.25) is 0 Å². The number of fused-ring (bicyclic) bond motifs is 9. The quantitative estimate of drug-likeness (QED) is 0.179. The van der Waals surface area contributed by atoms with Gasteiger partial charge < -0.3 is 9.32 Å². The van der Waals surface area contributed by atoms with Crippen molar-refractivity contribution in [3.8, 4) is 33.4 Å². The molecule has 2 heteroatoms. The van der Waals surface area contributed by atoms with Gasteiger partial charge in [-0.05, 0) is 160 Å². The number of anilines is 3. The molecule has 276 valence electrons. The molecule has 0 amide bonds. The number of hydrogen-bond acceptors (Lipinski definition) is 2. The summed E-state index contributed by atoms with van der Waals surface area (Å²) in [6.45, 7) is 4.73. The normalized spacial score (nSPS) is 24.2. The second-order valence-electron chi connectivity index (χ2n) is 18.5. The summed E-state index contributed by atoms with van der Waals surface area (Å²) in [6.07, 6.45) is 7.09. The second-order valence-corrected chi connectivity index (χ2v) is 18.5. The third kappa shape index (κ3) is 4.31. The van der Waals surface area contributed by atoms with E-state index in [0.717, 1.165) is 62.7 Å². The van der Waals surface area contributed by atoms with Crippen molar-refractivity contribution in [2.24, 2.45) is 23.7 Å². The van der Waals surface area contributed by atoms with E-state index in [1.807, 2.05) is 6.07 Å². The van der Waals surface area contributed by atoms with Crippen LogP contribution in [0.25, 0.3) is 55.3 Å². The predicted octanol–water partition coefficient (Wildman–Crippen LogP) is 14.8. The van der Waals surface area contributed by atoms with E-state index in [2.05, 4.69) is 164 Å². The first kappa shape index (κ1) is 32.2. The Bertz CT molecular complexity index is 2930. The largest absolute Gasteiger partial charge is 0.456 e. The van der Waals surface area contributed by atoms with Crippen LogP contribution < -0.4 is 4.90 Å². The number of benzene rings is 7. The lowest BCUT2D eigenvalue weighted by Crippen LogP contribution is -2.55. The van der Waals surface area contributed by atoms with Gasteiger partial charge in [-0.15, -0.1) is 0 Å². The highest BCUT2D eigenvalue weighted by Gasteiger charge is 2.61. The first-order valence-corrected chi connectivity index (χ1v) is 21.3. The highest BCUT2D eigenvalue weighted by molar-refractivity contribution is 6.06. The molecule has 0 unspecified atom stereocenters. The van der Waals surface area contributed by atoms with E-state index in [4.69, 9.17) is 4.42 Å². The Morgan fingerprint density at radius 3 is 1.79 bits per heavy atom. The van der Waals surface area contributed by atoms with E-state index in [1.165, 1.54) is 76.6 Å². The van der Waals surface area contributed by atoms with Crippen molar-refractivity contribution in [2.45, 2.75) is 56.8 Å². The van der Waals surface area contributed by atoms with E-state index in [9.17, 15) is 0 Å². The van der Waals surface area contributed by atoms with Gasteiger partial charge in [-0.3, -0.25) is 0 Å². The van der Waals surface area contributed by atoms with Gasteiger partial charge >= 0.3 is 0 Å². The summed E-state index contributed by atoms with van der Waals surface area (Å²) in [6, 6.07) is 57.3. The topological polar surface area (TPSA) is 16.4 Å². The number of para-hydroxylation sites is 1. The molecule has 2 nitrogen and oxygen atoms in total. The smallest absolute Gasteiger partial charge is 0.137 e. The molecule has 1 spiro atoms. The van der Waals surface area contributed by atoms with Gasteiger partial charge in [0.15, 0.2) is 0 Å². The molecule has 1 aromatic heterocycles. The first-order valence-electron chi connectivity index (χ1n) is 21.3. The van der Waals surface area contributed by atoms with E-state index < -0.39 is 0 Å². The molecule has 0 saturated heterocycles. The minimum absolute atomic E-state index is 0.0952. The molecule has 14 rings (SSSR count). The Balaban J connectivity index is 0.934. The average molecular weight is 736 g/mol. The number of rotatable bonds is 4. The zero-order valence-electron chi connectivity index (χ0n) is 32.6. The van der Waals surface area contributed by atoms with Crippen LogP contribution in [-0.4, -0.2) is 0 Å². The standard InChI is InChI=1S/C55H45NO/c1-54(2)48-12-6-3-9-42(48)44-23-20-40(31-50(44)54)56(41-21-24-47-46-11-5-8-14-52(46)57-53(47)32-41)39-18-15-35(16-19-39)36-17-22-45-43-10-4-7-13-49(43)55(51(45)30-36)37-26-33-25-34(28-37)29-38(55)27-33/h3-24,30-34,37-38H,25-29H2,1-2H3. The molecular weight excluding hydrogens is 691 g/mol. The minimum Gasteiger partial charge on any atom is -0.456 e. The van der Waals surface area contributed by atoms with Gasteiger partial charge in [-0.1, -0.05) is 111 Å². The Morgan fingerprint density at radius 1 is 0.439 bits per heavy atom. The van der Waals surface area contributed by atoms with Gasteiger partial charge in [0.1, 0.15) is 11.2 Å². The van der Waals surface area contributed by atoms with Crippen LogP contribution in [0.15, 0.2) is 156 Å². The molecule has 0 atom stereocenters. The molecule has 6 aliphatic carbocycles. The summed E-state index contributed by atoms with van der Waals surface area (Å²) in [5.41, 5.74) is 19.5. The maximum Gasteiger partial charge on any atom is 0.137 e. The van der Waals surface area contributed by atoms with Gasteiger partial charge in [0.2, 0.25) is 0 Å². The van der Waals surface area contributed by atoms with Gasteiger partial charge in [-0.2, -0.15) is 0 Å². The highest BCUT2D eigenvalue weighted by Crippen LogP contribution is 2.69. The fraction of sp³-hybridized carbons (Fsp3) is 0.236. The Kier molecular flexibility index (Phi) is 6.44. The van der Waals surface area contributed by atoms with Gasteiger partial charge in [0.25, 0.3) is 0 Å². The Labute approximate surface area is 334 Å². The van der Waals surface area contributed by atoms with Gasteiger partial charge in [-0.25, -0.2) is 0 Å². The maximum absolute atomic E-state index is 6.46. The predicted molar refractivity (Wildman–Crippen MR) is 235 cm³/mol. The molecule has 57 heavy (non-hydrogen) atoms. The van der Waals surface area contributed by atoms with Crippen LogP contribution in [0.3, 0.4) is 0 Å². The zero-order valence-corrected chi connectivity index (χ0v) is 32.6. The van der Waals surface area contributed by atoms with Crippen molar-refractivity contribution >= 4 is 39.0 Å². The van der Waals surface area contributed by atoms with Crippen molar-refractivity contribution in [2.75, 3.05) is 4.90 Å². The lowest BCUT2D eigenvalue weighted by molar-refractivity contribution is -0.0399. The van der Waals surface area contributed by atoms with Gasteiger partial charge in [0, 0.05) is 44.7 Å². The second kappa shape index (κ2) is 11.4. The number of furan rings is 1. The molecule has 1 heterocycles. The summed E-state index contributed by atoms with van der Waals surface area (Å²) in [7, 11) is 0. The van der Waals surface area contributed by atoms with E-state index in [1.54, 1.807) is 11.1 Å². The molecule has 4 fully saturated rings. The van der Waals surface area contributed by atoms with Crippen LogP contribution in [-0.2, 0) is 10.8 Å². The van der Waals surface area contributed by atoms with E-state index >= 15 is 0 Å². The molecule has 0 aliphatic heterocycles. The van der Waals surface area contributed by atoms with Crippen molar-refractivity contribution in [3.05, 3.63) is 174 Å². The zero-order chi connectivity index (χ0) is 37.6. The third-order valence-electron chi connectivity index (χ3n) is 15.5. The molecule has 0 radical (unpaired) electrons. The lowest BCUT2D eigenvalue weighted by Gasteiger charge is -2.61. The monoisotopic (exact) mass is 735 g/mol. The minimum atomic E-state index is -0.0952. The molecular formula is C55H45NO. The molecule has 8 aromatic rings. The Morgan fingerprint density at radius 2 is 1.00 bits per heavy atom. The highest BCUT2D eigenvalue weighted by atomic mass is 16.3. The number of nitrogens with zero attached hydrogens (tertiary/aromatic N) is 1. The molecule has 4 saturated carbocycles. The van der Waals surface area contributed by atoms with E-state index in [-0.39, 0.29) is 10.8 Å². The van der Waals surface area contributed by atoms with E-state index in [0.29, 0.717) is 0 Å². The molecule has 4 bridgehead atoms. The van der Waals surface area contributed by atoms with Crippen molar-refractivity contribution in [1.82, 2.24) is 0 Å². The van der Waals surface area contributed by atoms with Crippen LogP contribution in [0.4, 0.5) is 17.1 Å². The summed E-state index contributed by atoms with van der Waals surface area (Å²) in [4.78, 5) is 2.42. The lowest BCUT2D eigenvalue weighted by atomic mass is 9.43. The van der Waals surface area contributed by atoms with Gasteiger partial charge in [0.05, 0.1) is 0 Å². The van der Waals surface area contributed by atoms with Crippen molar-refractivity contribution in [3.63, 3.8) is 0 Å². The summed E-state index contributed by atoms with van der Waals surface area (Å²) < 4.78 is 6.46. The Hall–Kier alpha value is -5.86. The van der Waals surface area contributed by atoms with Crippen LogP contribution in [0.5, 0.6) is 0 Å². The summed E-state index contributed by atoms with van der Waals surface area (Å²) >= 11 is 0. The van der Waals surface area contributed by atoms with Crippen molar-refractivity contribution in [1.29, 1.82) is 0 Å². The summed E-state index contributed by atoms with van der Waals surface area (Å²) in [5, 5.41) is 2.30. The molecule has 0 N–H and O–H groups in total. The van der Waals surface area contributed by atoms with Crippen LogP contribution >= 0.6 is 0 Å². The average Bonchev–Trinajstić information content (AvgIpc) is 3.83. The fourth-order valence-corrected chi connectivity index (χ4v) is 13.3. The molecule has 6 aliphatic rings. The first-order chi connectivity index (χ1) is 27.9. The molecule has 7 aromatic carbocycles. The summed E-state index contributed by atoms with van der Waals surface area (Å²) in [5.74, 6) is 3.40. The van der Waals surface area contributed by atoms with Crippen molar-refractivity contribution < 1.29 is 4.42 Å². The number of hydrogen-bond donors (Lipinski definition) is 0. The fourth-order valence-electron chi connectivity index (χ4n) is 13.3. The van der Waals surface area contributed by atoms with Crippen LogP contribution in [0.1, 0.15) is 68.2 Å². The SMILES string of the molecule is CC1(C)c2ccccc2-c2ccc(N(c3ccc(-c4ccc5c(c4)C4(c6ccccc6-5)C5CC6CC(C5)CC4C6)cc3)c3ccc4c(c3)oc3ccccc34)cc21. The van der Waals surface area contributed by atoms with Crippen LogP contribution in [0, 0.1) is 23.7 Å². The third-order valence-corrected chi connectivity index (χ3v) is 15.5. The maximum atomic E-state index is 6.46.